The standard InChI is InChI=1S/C21H27N4O6PS/c1-28-32(26,27)30-15-24-8-2-3-19(21(24)22)20-14-17(23-31-20)13-16-4-6-18(7-5-16)33-25-9-11-29-12-10-25/h2-8,14,21H,9-13,15,22H2,1H3,(H,26,27). The molecule has 10 nitrogen and oxygen atoms in total. The van der Waals surface area contributed by atoms with Crippen LogP contribution in [0, 0.1) is 0 Å². The number of nitrogens with zero attached hydrogens (tertiary/aromatic N) is 3. The summed E-state index contributed by atoms with van der Waals surface area (Å²) in [5.74, 6) is 0.533. The number of morpholine rings is 1. The van der Waals surface area contributed by atoms with Crippen LogP contribution >= 0.6 is 19.8 Å². The number of ether oxygens (including phenoxy) is 1. The maximum absolute atomic E-state index is 11.5. The van der Waals surface area contributed by atoms with Gasteiger partial charge in [0, 0.05) is 49.4 Å². The minimum Gasteiger partial charge on any atom is -0.379 e. The molecule has 2 aliphatic rings. The zero-order chi connectivity index (χ0) is 23.3. The number of benzene rings is 1. The summed E-state index contributed by atoms with van der Waals surface area (Å²) in [4.78, 5) is 12.2. The summed E-state index contributed by atoms with van der Waals surface area (Å²) >= 11 is 1.75. The molecule has 2 atom stereocenters. The lowest BCUT2D eigenvalue weighted by molar-refractivity contribution is 0.0773. The molecule has 2 unspecified atom stereocenters. The second-order valence-electron chi connectivity index (χ2n) is 7.47. The first-order valence-corrected chi connectivity index (χ1v) is 12.7. The van der Waals surface area contributed by atoms with Crippen LogP contribution in [-0.2, 0) is 24.8 Å². The maximum atomic E-state index is 11.5. The molecule has 1 fully saturated rings. The molecule has 33 heavy (non-hydrogen) atoms. The molecule has 0 radical (unpaired) electrons. The Morgan fingerprint density at radius 3 is 2.79 bits per heavy atom. The molecule has 1 aromatic carbocycles. The third-order valence-electron chi connectivity index (χ3n) is 5.19. The van der Waals surface area contributed by atoms with E-state index in [0.29, 0.717) is 17.8 Å². The van der Waals surface area contributed by atoms with Gasteiger partial charge in [0.2, 0.25) is 0 Å². The van der Waals surface area contributed by atoms with Crippen molar-refractivity contribution in [2.24, 2.45) is 5.73 Å². The highest BCUT2D eigenvalue weighted by Gasteiger charge is 2.26. The van der Waals surface area contributed by atoms with Crippen LogP contribution in [0.15, 0.2) is 58.1 Å². The fourth-order valence-corrected chi connectivity index (χ4v) is 4.64. The van der Waals surface area contributed by atoms with Gasteiger partial charge >= 0.3 is 7.82 Å². The molecule has 0 amide bonds. The largest absolute Gasteiger partial charge is 0.473 e. The highest BCUT2D eigenvalue weighted by molar-refractivity contribution is 7.97. The molecule has 4 rings (SSSR count). The Bertz CT molecular complexity index is 1040. The molecule has 3 N–H and O–H groups in total. The Balaban J connectivity index is 1.35. The molecule has 2 aromatic rings. The van der Waals surface area contributed by atoms with Gasteiger partial charge in [0.25, 0.3) is 0 Å². The number of rotatable bonds is 9. The van der Waals surface area contributed by atoms with E-state index >= 15 is 0 Å². The van der Waals surface area contributed by atoms with Crippen molar-refractivity contribution in [2.45, 2.75) is 17.5 Å². The van der Waals surface area contributed by atoms with Gasteiger partial charge in [-0.3, -0.25) is 9.05 Å². The Morgan fingerprint density at radius 2 is 2.06 bits per heavy atom. The predicted octanol–water partition coefficient (Wildman–Crippen LogP) is 2.82. The van der Waals surface area contributed by atoms with Crippen LogP contribution in [-0.4, -0.2) is 65.6 Å². The van der Waals surface area contributed by atoms with Crippen molar-refractivity contribution in [1.29, 1.82) is 0 Å². The van der Waals surface area contributed by atoms with E-state index in [1.807, 2.05) is 12.1 Å². The zero-order valence-electron chi connectivity index (χ0n) is 18.2. The van der Waals surface area contributed by atoms with Crippen molar-refractivity contribution < 1.29 is 27.8 Å². The molecule has 0 spiro atoms. The van der Waals surface area contributed by atoms with Crippen molar-refractivity contribution in [3.63, 3.8) is 0 Å². The monoisotopic (exact) mass is 494 g/mol. The predicted molar refractivity (Wildman–Crippen MR) is 124 cm³/mol. The second-order valence-corrected chi connectivity index (χ2v) is 10.2. The Kier molecular flexibility index (Phi) is 8.05. The van der Waals surface area contributed by atoms with Gasteiger partial charge in [-0.15, -0.1) is 0 Å². The summed E-state index contributed by atoms with van der Waals surface area (Å²) in [6.45, 7) is 3.19. The Morgan fingerprint density at radius 1 is 1.30 bits per heavy atom. The van der Waals surface area contributed by atoms with Crippen molar-refractivity contribution >= 4 is 25.3 Å². The van der Waals surface area contributed by atoms with Crippen molar-refractivity contribution in [1.82, 2.24) is 14.4 Å². The Hall–Kier alpha value is -1.95. The average molecular weight is 495 g/mol. The molecule has 1 aromatic heterocycles. The van der Waals surface area contributed by atoms with E-state index in [2.05, 4.69) is 38.3 Å². The van der Waals surface area contributed by atoms with Crippen molar-refractivity contribution in [3.05, 3.63) is 65.7 Å². The highest BCUT2D eigenvalue weighted by atomic mass is 32.2. The van der Waals surface area contributed by atoms with Crippen LogP contribution in [0.4, 0.5) is 0 Å². The molecular weight excluding hydrogens is 467 g/mol. The zero-order valence-corrected chi connectivity index (χ0v) is 19.9. The molecule has 3 heterocycles. The molecule has 2 aliphatic heterocycles. The van der Waals surface area contributed by atoms with Crippen LogP contribution in [0.1, 0.15) is 17.0 Å². The maximum Gasteiger partial charge on any atom is 0.473 e. The van der Waals surface area contributed by atoms with Gasteiger partial charge in [-0.05, 0) is 35.7 Å². The number of phosphoric acid groups is 1. The van der Waals surface area contributed by atoms with E-state index in [1.165, 1.54) is 4.90 Å². The summed E-state index contributed by atoms with van der Waals surface area (Å²) in [6.07, 6.45) is 5.22. The summed E-state index contributed by atoms with van der Waals surface area (Å²) in [5.41, 5.74) is 8.88. The second kappa shape index (κ2) is 11.0. The molecule has 0 saturated carbocycles. The molecular formula is C21H27N4O6PS. The summed E-state index contributed by atoms with van der Waals surface area (Å²) in [6, 6.07) is 10.3. The lowest BCUT2D eigenvalue weighted by Crippen LogP contribution is -2.41. The van der Waals surface area contributed by atoms with Gasteiger partial charge in [-0.2, -0.15) is 0 Å². The van der Waals surface area contributed by atoms with E-state index in [0.717, 1.165) is 44.7 Å². The van der Waals surface area contributed by atoms with E-state index < -0.39 is 14.0 Å². The minimum atomic E-state index is -4.10. The van der Waals surface area contributed by atoms with E-state index in [4.69, 9.17) is 19.5 Å². The van der Waals surface area contributed by atoms with E-state index in [9.17, 15) is 9.46 Å². The van der Waals surface area contributed by atoms with Gasteiger partial charge in [-0.25, -0.2) is 8.87 Å². The summed E-state index contributed by atoms with van der Waals surface area (Å²) in [5, 5.41) is 4.18. The number of allylic oxidation sites excluding steroid dienone is 2. The number of hydrogen-bond donors (Lipinski definition) is 2. The lowest BCUT2D eigenvalue weighted by atomic mass is 10.1. The number of aromatic nitrogens is 1. The molecule has 0 aliphatic carbocycles. The first-order valence-electron chi connectivity index (χ1n) is 10.4. The number of hydrogen-bond acceptors (Lipinski definition) is 10. The fourth-order valence-electron chi connectivity index (χ4n) is 3.37. The third-order valence-corrected chi connectivity index (χ3v) is 7.20. The number of nitrogens with two attached hydrogens (primary N) is 1. The SMILES string of the molecule is COP(=O)(O)OCN1C=CC=C(c2cc(Cc3ccc(SN4CCOCC4)cc3)no2)C1N. The van der Waals surface area contributed by atoms with Crippen LogP contribution in [0.25, 0.3) is 5.57 Å². The minimum absolute atomic E-state index is 0.216. The first kappa shape index (κ1) is 24.2. The van der Waals surface area contributed by atoms with Gasteiger partial charge in [0.1, 0.15) is 12.9 Å². The number of phosphoric ester groups is 1. The molecule has 178 valence electrons. The highest BCUT2D eigenvalue weighted by Crippen LogP contribution is 2.42. The van der Waals surface area contributed by atoms with Gasteiger partial charge in [-0.1, -0.05) is 23.4 Å². The van der Waals surface area contributed by atoms with Crippen LogP contribution < -0.4 is 5.73 Å². The topological polar surface area (TPSA) is 124 Å². The van der Waals surface area contributed by atoms with Gasteiger partial charge < -0.3 is 24.8 Å². The molecule has 0 bridgehead atoms. The summed E-state index contributed by atoms with van der Waals surface area (Å²) in [7, 11) is -3.00. The lowest BCUT2D eigenvalue weighted by Gasteiger charge is -2.30. The van der Waals surface area contributed by atoms with E-state index in [-0.39, 0.29) is 6.73 Å². The van der Waals surface area contributed by atoms with Gasteiger partial charge in [0.05, 0.1) is 18.9 Å². The van der Waals surface area contributed by atoms with Crippen LogP contribution in [0.2, 0.25) is 0 Å². The Labute approximate surface area is 196 Å². The molecule has 1 saturated heterocycles. The van der Waals surface area contributed by atoms with Crippen LogP contribution in [0.3, 0.4) is 0 Å². The fraction of sp³-hybridized carbons (Fsp3) is 0.381. The summed E-state index contributed by atoms with van der Waals surface area (Å²) < 4.78 is 34.1. The van der Waals surface area contributed by atoms with Crippen molar-refractivity contribution in [3.8, 4) is 0 Å². The van der Waals surface area contributed by atoms with E-state index in [1.54, 1.807) is 29.1 Å². The normalized spacial score (nSPS) is 21.1. The smallest absolute Gasteiger partial charge is 0.379 e. The quantitative estimate of drug-likeness (QED) is 0.395. The van der Waals surface area contributed by atoms with Gasteiger partial charge in [0.15, 0.2) is 5.76 Å². The molecule has 12 heteroatoms. The van der Waals surface area contributed by atoms with Crippen LogP contribution in [0.5, 0.6) is 0 Å². The first-order chi connectivity index (χ1) is 15.9. The third kappa shape index (κ3) is 6.56. The van der Waals surface area contributed by atoms with Crippen molar-refractivity contribution in [2.75, 3.05) is 40.1 Å². The average Bonchev–Trinajstić information content (AvgIpc) is 3.28.